The van der Waals surface area contributed by atoms with Gasteiger partial charge in [0.15, 0.2) is 6.29 Å². The van der Waals surface area contributed by atoms with Crippen molar-refractivity contribution in [2.45, 2.75) is 19.3 Å². The van der Waals surface area contributed by atoms with E-state index in [1.54, 1.807) is 6.92 Å². The van der Waals surface area contributed by atoms with Crippen molar-refractivity contribution < 1.29 is 24.5 Å². The first-order valence-corrected chi connectivity index (χ1v) is 4.46. The van der Waals surface area contributed by atoms with E-state index < -0.39 is 18.4 Å². The first kappa shape index (κ1) is 14.1. The molecular formula is C9H17NO5. The molecule has 0 saturated carbocycles. The largest absolute Gasteiger partial charge is 0.462 e. The molecule has 6 nitrogen and oxygen atoms in total. The summed E-state index contributed by atoms with van der Waals surface area (Å²) in [6.45, 7) is 4.46. The molecule has 0 aromatic rings. The van der Waals surface area contributed by atoms with Gasteiger partial charge in [-0.15, -0.1) is 0 Å². The van der Waals surface area contributed by atoms with Gasteiger partial charge in [-0.2, -0.15) is 0 Å². The zero-order chi connectivity index (χ0) is 11.8. The number of aliphatic hydroxyl groups excluding tert-OH is 2. The van der Waals surface area contributed by atoms with Gasteiger partial charge in [0, 0.05) is 0 Å². The molecule has 0 aliphatic carbocycles. The summed E-state index contributed by atoms with van der Waals surface area (Å²) >= 11 is 0. The SMILES string of the molecule is C=C(C)C(O)OCC(O)COC(=O)CN. The normalized spacial score (nSPS) is 14.4. The molecule has 0 aliphatic heterocycles. The van der Waals surface area contributed by atoms with E-state index in [9.17, 15) is 9.90 Å². The van der Waals surface area contributed by atoms with Crippen molar-refractivity contribution in [3.05, 3.63) is 12.2 Å². The van der Waals surface area contributed by atoms with Gasteiger partial charge in [-0.1, -0.05) is 6.58 Å². The van der Waals surface area contributed by atoms with E-state index in [0.29, 0.717) is 5.57 Å². The number of esters is 1. The monoisotopic (exact) mass is 219 g/mol. The van der Waals surface area contributed by atoms with Crippen LogP contribution in [0, 0.1) is 0 Å². The van der Waals surface area contributed by atoms with Gasteiger partial charge in [0.05, 0.1) is 13.2 Å². The smallest absolute Gasteiger partial charge is 0.319 e. The van der Waals surface area contributed by atoms with Crippen LogP contribution in [0.3, 0.4) is 0 Å². The number of rotatable bonds is 7. The highest BCUT2D eigenvalue weighted by Gasteiger charge is 2.11. The number of aliphatic hydroxyl groups is 2. The molecule has 0 spiro atoms. The van der Waals surface area contributed by atoms with Crippen LogP contribution in [0.5, 0.6) is 0 Å². The predicted octanol–water partition coefficient (Wildman–Crippen LogP) is -1.24. The third kappa shape index (κ3) is 7.03. The summed E-state index contributed by atoms with van der Waals surface area (Å²) in [6, 6.07) is 0. The minimum atomic E-state index is -1.12. The molecule has 0 radical (unpaired) electrons. The average Bonchev–Trinajstić information content (AvgIpc) is 2.21. The molecule has 6 heteroatoms. The van der Waals surface area contributed by atoms with Crippen LogP contribution in [0.1, 0.15) is 6.92 Å². The van der Waals surface area contributed by atoms with Crippen LogP contribution in [-0.4, -0.2) is 48.3 Å². The van der Waals surface area contributed by atoms with Crippen LogP contribution in [0.4, 0.5) is 0 Å². The van der Waals surface area contributed by atoms with Crippen molar-refractivity contribution in [2.75, 3.05) is 19.8 Å². The molecule has 2 unspecified atom stereocenters. The number of hydrogen-bond acceptors (Lipinski definition) is 6. The second-order valence-electron chi connectivity index (χ2n) is 3.07. The van der Waals surface area contributed by atoms with Crippen LogP contribution < -0.4 is 5.73 Å². The average molecular weight is 219 g/mol. The molecule has 0 rings (SSSR count). The second-order valence-corrected chi connectivity index (χ2v) is 3.07. The standard InChI is InChI=1S/C9H17NO5/c1-6(2)9(13)15-5-7(11)4-14-8(12)3-10/h7,9,11,13H,1,3-5,10H2,2H3. The fraction of sp³-hybridized carbons (Fsp3) is 0.667. The second kappa shape index (κ2) is 7.36. The highest BCUT2D eigenvalue weighted by atomic mass is 16.6. The first-order chi connectivity index (χ1) is 6.97. The fourth-order valence-corrected chi connectivity index (χ4v) is 0.641. The lowest BCUT2D eigenvalue weighted by molar-refractivity contribution is -0.149. The van der Waals surface area contributed by atoms with Gasteiger partial charge < -0.3 is 25.4 Å². The van der Waals surface area contributed by atoms with Crippen LogP contribution in [0.15, 0.2) is 12.2 Å². The Morgan fingerprint density at radius 2 is 2.07 bits per heavy atom. The van der Waals surface area contributed by atoms with E-state index in [-0.39, 0.29) is 19.8 Å². The summed E-state index contributed by atoms with van der Waals surface area (Å²) in [7, 11) is 0. The van der Waals surface area contributed by atoms with E-state index in [0.717, 1.165) is 0 Å². The third-order valence-electron chi connectivity index (χ3n) is 1.47. The molecule has 0 aromatic carbocycles. The van der Waals surface area contributed by atoms with Gasteiger partial charge in [0.25, 0.3) is 0 Å². The molecule has 0 heterocycles. The van der Waals surface area contributed by atoms with Gasteiger partial charge in [-0.05, 0) is 12.5 Å². The molecule has 4 N–H and O–H groups in total. The van der Waals surface area contributed by atoms with Gasteiger partial charge in [0.1, 0.15) is 12.7 Å². The highest BCUT2D eigenvalue weighted by molar-refractivity contribution is 5.71. The first-order valence-electron chi connectivity index (χ1n) is 4.46. The van der Waals surface area contributed by atoms with Crippen LogP contribution in [0.2, 0.25) is 0 Å². The van der Waals surface area contributed by atoms with Crippen LogP contribution >= 0.6 is 0 Å². The Hall–Kier alpha value is -0.950. The topological polar surface area (TPSA) is 102 Å². The molecule has 0 aromatic heterocycles. The summed E-state index contributed by atoms with van der Waals surface area (Å²) in [5, 5.41) is 18.4. The van der Waals surface area contributed by atoms with Crippen molar-refractivity contribution in [2.24, 2.45) is 5.73 Å². The predicted molar refractivity (Wildman–Crippen MR) is 52.8 cm³/mol. The highest BCUT2D eigenvalue weighted by Crippen LogP contribution is 2.00. The lowest BCUT2D eigenvalue weighted by Gasteiger charge is -2.15. The molecule has 0 amide bonds. The zero-order valence-corrected chi connectivity index (χ0v) is 8.68. The van der Waals surface area contributed by atoms with Crippen LogP contribution in [0.25, 0.3) is 0 Å². The molecule has 0 saturated heterocycles. The molecule has 15 heavy (non-hydrogen) atoms. The van der Waals surface area contributed by atoms with Crippen molar-refractivity contribution in [1.82, 2.24) is 0 Å². The van der Waals surface area contributed by atoms with E-state index in [1.807, 2.05) is 0 Å². The van der Waals surface area contributed by atoms with E-state index >= 15 is 0 Å². The maximum atomic E-state index is 10.6. The minimum absolute atomic E-state index is 0.147. The summed E-state index contributed by atoms with van der Waals surface area (Å²) in [5.74, 6) is -0.602. The number of hydrogen-bond donors (Lipinski definition) is 3. The third-order valence-corrected chi connectivity index (χ3v) is 1.47. The fourth-order valence-electron chi connectivity index (χ4n) is 0.641. The summed E-state index contributed by atoms with van der Waals surface area (Å²) in [5.41, 5.74) is 5.41. The van der Waals surface area contributed by atoms with Crippen molar-refractivity contribution >= 4 is 5.97 Å². The van der Waals surface area contributed by atoms with Gasteiger partial charge in [-0.25, -0.2) is 0 Å². The lowest BCUT2D eigenvalue weighted by atomic mass is 10.3. The summed E-state index contributed by atoms with van der Waals surface area (Å²) < 4.78 is 9.36. The zero-order valence-electron chi connectivity index (χ0n) is 8.68. The van der Waals surface area contributed by atoms with Crippen LogP contribution in [-0.2, 0) is 14.3 Å². The Labute approximate surface area is 88.3 Å². The summed E-state index contributed by atoms with van der Waals surface area (Å²) in [4.78, 5) is 10.6. The minimum Gasteiger partial charge on any atom is -0.462 e. The van der Waals surface area contributed by atoms with Gasteiger partial charge in [0.2, 0.25) is 0 Å². The molecular weight excluding hydrogens is 202 g/mol. The Morgan fingerprint density at radius 1 is 1.47 bits per heavy atom. The number of carbonyl (C=O) groups is 1. The maximum Gasteiger partial charge on any atom is 0.319 e. The van der Waals surface area contributed by atoms with Gasteiger partial charge in [-0.3, -0.25) is 4.79 Å². The number of nitrogens with two attached hydrogens (primary N) is 1. The Balaban J connectivity index is 3.61. The van der Waals surface area contributed by atoms with Crippen molar-refractivity contribution in [3.8, 4) is 0 Å². The molecule has 0 aliphatic rings. The number of ether oxygens (including phenoxy) is 2. The van der Waals surface area contributed by atoms with E-state index in [1.165, 1.54) is 0 Å². The van der Waals surface area contributed by atoms with Gasteiger partial charge >= 0.3 is 5.97 Å². The number of carbonyl (C=O) groups excluding carboxylic acids is 1. The quantitative estimate of drug-likeness (QED) is 0.281. The summed E-state index contributed by atoms with van der Waals surface area (Å²) in [6.07, 6.45) is -2.11. The van der Waals surface area contributed by atoms with Crippen molar-refractivity contribution in [1.29, 1.82) is 0 Å². The molecule has 88 valence electrons. The molecule has 2 atom stereocenters. The Bertz CT molecular complexity index is 219. The maximum absolute atomic E-state index is 10.6. The lowest BCUT2D eigenvalue weighted by Crippen LogP contribution is -2.28. The van der Waals surface area contributed by atoms with Crippen molar-refractivity contribution in [3.63, 3.8) is 0 Å². The Morgan fingerprint density at radius 3 is 2.53 bits per heavy atom. The van der Waals surface area contributed by atoms with E-state index in [2.05, 4.69) is 11.3 Å². The Kier molecular flexibility index (Phi) is 6.89. The molecule has 0 bridgehead atoms. The molecule has 0 fully saturated rings. The van der Waals surface area contributed by atoms with E-state index in [4.69, 9.17) is 15.6 Å².